The number of ether oxygens (including phenoxy) is 1. The molecule has 0 fully saturated rings. The Balaban J connectivity index is 1.94. The monoisotopic (exact) mass is 390 g/mol. The highest BCUT2D eigenvalue weighted by Crippen LogP contribution is 2.18. The van der Waals surface area contributed by atoms with Crippen LogP contribution in [0, 0.1) is 0 Å². The molecule has 6 nitrogen and oxygen atoms in total. The molecule has 0 saturated heterocycles. The number of anilines is 1. The lowest BCUT2D eigenvalue weighted by Gasteiger charge is -2.18. The van der Waals surface area contributed by atoms with Crippen LogP contribution >= 0.6 is 0 Å². The van der Waals surface area contributed by atoms with Gasteiger partial charge in [0.15, 0.2) is 6.61 Å². The molecule has 0 saturated carbocycles. The Hall–Kier alpha value is -2.38. The molecule has 0 bridgehead atoms. The van der Waals surface area contributed by atoms with Crippen LogP contribution in [0.15, 0.2) is 53.4 Å². The molecule has 2 aromatic rings. The number of aryl methyl sites for hydroxylation is 1. The molecule has 0 radical (unpaired) electrons. The van der Waals surface area contributed by atoms with Crippen molar-refractivity contribution >= 4 is 21.6 Å². The zero-order valence-electron chi connectivity index (χ0n) is 15.9. The lowest BCUT2D eigenvalue weighted by atomic mass is 10.2. The van der Waals surface area contributed by atoms with Gasteiger partial charge in [-0.1, -0.05) is 32.9 Å². The summed E-state index contributed by atoms with van der Waals surface area (Å²) >= 11 is 0. The van der Waals surface area contributed by atoms with Crippen LogP contribution in [-0.2, 0) is 21.2 Å². The molecule has 7 heteroatoms. The van der Waals surface area contributed by atoms with Crippen molar-refractivity contribution in [3.63, 3.8) is 0 Å². The van der Waals surface area contributed by atoms with Crippen molar-refractivity contribution in [2.45, 2.75) is 32.1 Å². The number of hydrogen-bond donors (Lipinski definition) is 1. The van der Waals surface area contributed by atoms with Crippen LogP contribution in [0.3, 0.4) is 0 Å². The molecule has 0 aliphatic heterocycles. The van der Waals surface area contributed by atoms with Crippen molar-refractivity contribution in [2.24, 2.45) is 0 Å². The predicted octanol–water partition coefficient (Wildman–Crippen LogP) is 3.30. The first-order valence-corrected chi connectivity index (χ1v) is 10.5. The topological polar surface area (TPSA) is 75.7 Å². The molecule has 0 atom stereocenters. The minimum atomic E-state index is -3.50. The third-order valence-corrected chi connectivity index (χ3v) is 6.25. The molecule has 0 heterocycles. The molecule has 1 N–H and O–H groups in total. The van der Waals surface area contributed by atoms with E-state index in [-0.39, 0.29) is 17.4 Å². The number of carbonyl (C=O) groups excluding carboxylic acids is 1. The van der Waals surface area contributed by atoms with Gasteiger partial charge < -0.3 is 10.1 Å². The lowest BCUT2D eigenvalue weighted by molar-refractivity contribution is -0.118. The van der Waals surface area contributed by atoms with E-state index in [4.69, 9.17) is 4.74 Å². The molecule has 27 heavy (non-hydrogen) atoms. The van der Waals surface area contributed by atoms with Gasteiger partial charge in [-0.25, -0.2) is 8.42 Å². The van der Waals surface area contributed by atoms with Gasteiger partial charge in [0.1, 0.15) is 5.75 Å². The first kappa shape index (κ1) is 20.9. The smallest absolute Gasteiger partial charge is 0.262 e. The molecule has 0 aliphatic carbocycles. The Morgan fingerprint density at radius 2 is 1.56 bits per heavy atom. The van der Waals surface area contributed by atoms with E-state index in [1.807, 2.05) is 24.3 Å². The summed E-state index contributed by atoms with van der Waals surface area (Å²) < 4.78 is 31.8. The second kappa shape index (κ2) is 9.53. The van der Waals surface area contributed by atoms with E-state index in [0.29, 0.717) is 24.5 Å². The fourth-order valence-electron chi connectivity index (χ4n) is 2.59. The van der Waals surface area contributed by atoms with E-state index in [2.05, 4.69) is 12.2 Å². The molecule has 0 unspecified atom stereocenters. The van der Waals surface area contributed by atoms with Crippen molar-refractivity contribution in [3.8, 4) is 5.75 Å². The molecule has 146 valence electrons. The van der Waals surface area contributed by atoms with Crippen LogP contribution in [0.25, 0.3) is 0 Å². The van der Waals surface area contributed by atoms with Gasteiger partial charge in [0.2, 0.25) is 10.0 Å². The van der Waals surface area contributed by atoms with E-state index >= 15 is 0 Å². The van der Waals surface area contributed by atoms with Crippen LogP contribution in [-0.4, -0.2) is 38.3 Å². The molecule has 0 aliphatic rings. The highest BCUT2D eigenvalue weighted by molar-refractivity contribution is 7.89. The van der Waals surface area contributed by atoms with Gasteiger partial charge >= 0.3 is 0 Å². The van der Waals surface area contributed by atoms with E-state index in [1.165, 1.54) is 22.0 Å². The highest BCUT2D eigenvalue weighted by atomic mass is 32.2. The second-order valence-corrected chi connectivity index (χ2v) is 7.89. The van der Waals surface area contributed by atoms with E-state index in [9.17, 15) is 13.2 Å². The first-order chi connectivity index (χ1) is 12.9. The fourth-order valence-corrected chi connectivity index (χ4v) is 4.05. The molecule has 1 amide bonds. The van der Waals surface area contributed by atoms with Crippen molar-refractivity contribution in [1.82, 2.24) is 4.31 Å². The number of nitrogens with zero attached hydrogens (tertiary/aromatic N) is 1. The summed E-state index contributed by atoms with van der Waals surface area (Å²) in [6.07, 6.45) is 0.945. The Morgan fingerprint density at radius 1 is 0.963 bits per heavy atom. The van der Waals surface area contributed by atoms with Crippen molar-refractivity contribution in [2.75, 3.05) is 25.0 Å². The normalized spacial score (nSPS) is 11.4. The van der Waals surface area contributed by atoms with Crippen molar-refractivity contribution in [3.05, 3.63) is 54.1 Å². The maximum absolute atomic E-state index is 12.5. The minimum absolute atomic E-state index is 0.120. The van der Waals surface area contributed by atoms with Crippen molar-refractivity contribution < 1.29 is 17.9 Å². The molecular weight excluding hydrogens is 364 g/mol. The Labute approximate surface area is 161 Å². The quantitative estimate of drug-likeness (QED) is 0.713. The summed E-state index contributed by atoms with van der Waals surface area (Å²) in [4.78, 5) is 12.2. The second-order valence-electron chi connectivity index (χ2n) is 5.95. The number of sulfonamides is 1. The fraction of sp³-hybridized carbons (Fsp3) is 0.350. The maximum Gasteiger partial charge on any atom is 0.262 e. The molecule has 0 aromatic heterocycles. The van der Waals surface area contributed by atoms with Gasteiger partial charge in [0.05, 0.1) is 4.90 Å². The molecule has 2 aromatic carbocycles. The van der Waals surface area contributed by atoms with E-state index < -0.39 is 10.0 Å². The molecular formula is C20H26N2O4S. The Kier molecular flexibility index (Phi) is 7.38. The van der Waals surface area contributed by atoms with Crippen LogP contribution in [0.4, 0.5) is 5.69 Å². The summed E-state index contributed by atoms with van der Waals surface area (Å²) in [6.45, 7) is 6.37. The van der Waals surface area contributed by atoms with Gasteiger partial charge in [0, 0.05) is 18.8 Å². The van der Waals surface area contributed by atoms with Gasteiger partial charge in [-0.05, 0) is 48.4 Å². The lowest BCUT2D eigenvalue weighted by Crippen LogP contribution is -2.30. The number of carbonyl (C=O) groups is 1. The molecule has 0 spiro atoms. The summed E-state index contributed by atoms with van der Waals surface area (Å²) in [5, 5.41) is 2.70. The minimum Gasteiger partial charge on any atom is -0.484 e. The third kappa shape index (κ3) is 5.55. The highest BCUT2D eigenvalue weighted by Gasteiger charge is 2.21. The standard InChI is InChI=1S/C20H26N2O4S/c1-4-16-7-11-18(12-8-16)26-15-20(23)21-17-9-13-19(14-10-17)27(24,25)22(5-2)6-3/h7-14H,4-6,15H2,1-3H3,(H,21,23). The molecule has 2 rings (SSSR count). The predicted molar refractivity (Wildman–Crippen MR) is 106 cm³/mol. The third-order valence-electron chi connectivity index (χ3n) is 4.18. The average Bonchev–Trinajstić information content (AvgIpc) is 2.68. The number of rotatable bonds is 9. The first-order valence-electron chi connectivity index (χ1n) is 9.02. The number of benzene rings is 2. The number of amides is 1. The van der Waals surface area contributed by atoms with Crippen molar-refractivity contribution in [1.29, 1.82) is 0 Å². The maximum atomic E-state index is 12.5. The van der Waals surface area contributed by atoms with Crippen LogP contribution in [0.1, 0.15) is 26.3 Å². The number of nitrogens with one attached hydrogen (secondary N) is 1. The zero-order valence-corrected chi connectivity index (χ0v) is 16.8. The zero-order chi connectivity index (χ0) is 19.9. The average molecular weight is 391 g/mol. The summed E-state index contributed by atoms with van der Waals surface area (Å²) in [6, 6.07) is 13.7. The summed E-state index contributed by atoms with van der Waals surface area (Å²) in [5.41, 5.74) is 1.72. The SMILES string of the molecule is CCc1ccc(OCC(=O)Nc2ccc(S(=O)(=O)N(CC)CC)cc2)cc1. The van der Waals surface area contributed by atoms with Gasteiger partial charge in [-0.3, -0.25) is 4.79 Å². The Morgan fingerprint density at radius 3 is 2.07 bits per heavy atom. The van der Waals surface area contributed by atoms with Crippen LogP contribution in [0.2, 0.25) is 0 Å². The van der Waals surface area contributed by atoms with Gasteiger partial charge in [-0.15, -0.1) is 0 Å². The van der Waals surface area contributed by atoms with E-state index in [1.54, 1.807) is 26.0 Å². The van der Waals surface area contributed by atoms with Crippen LogP contribution < -0.4 is 10.1 Å². The van der Waals surface area contributed by atoms with E-state index in [0.717, 1.165) is 6.42 Å². The van der Waals surface area contributed by atoms with Gasteiger partial charge in [0.25, 0.3) is 5.91 Å². The summed E-state index contributed by atoms with van der Waals surface area (Å²) in [5.74, 6) is 0.317. The van der Waals surface area contributed by atoms with Gasteiger partial charge in [-0.2, -0.15) is 4.31 Å². The van der Waals surface area contributed by atoms with Crippen LogP contribution in [0.5, 0.6) is 5.75 Å². The summed E-state index contributed by atoms with van der Waals surface area (Å²) in [7, 11) is -3.50. The Bertz CT molecular complexity index is 843. The number of hydrogen-bond acceptors (Lipinski definition) is 4. The largest absolute Gasteiger partial charge is 0.484 e.